The number of nitrogens with one attached hydrogen (secondary N) is 1. The Balaban J connectivity index is 1.64. The fourth-order valence-corrected chi connectivity index (χ4v) is 3.23. The number of rotatable bonds is 6. The zero-order valence-electron chi connectivity index (χ0n) is 16.4. The molecule has 2 aromatic rings. The van der Waals surface area contributed by atoms with Gasteiger partial charge in [0.05, 0.1) is 27.9 Å². The summed E-state index contributed by atoms with van der Waals surface area (Å²) in [5, 5.41) is 6.68. The van der Waals surface area contributed by atoms with Crippen molar-refractivity contribution in [3.63, 3.8) is 0 Å². The maximum Gasteiger partial charge on any atom is 0.258 e. The van der Waals surface area contributed by atoms with Crippen molar-refractivity contribution in [2.24, 2.45) is 7.05 Å². The van der Waals surface area contributed by atoms with Gasteiger partial charge in [0, 0.05) is 26.3 Å². The van der Waals surface area contributed by atoms with Gasteiger partial charge < -0.3 is 24.4 Å². The summed E-state index contributed by atoms with van der Waals surface area (Å²) in [4.78, 5) is 26.6. The zero-order chi connectivity index (χ0) is 20.3. The Morgan fingerprint density at radius 1 is 1.11 bits per heavy atom. The number of ether oxygens (including phenoxy) is 3. The van der Waals surface area contributed by atoms with Gasteiger partial charge >= 0.3 is 0 Å². The summed E-state index contributed by atoms with van der Waals surface area (Å²) in [6, 6.07) is 3.85. The predicted octanol–water partition coefficient (Wildman–Crippen LogP) is 0.761. The number of fused-ring (bicyclic) bond motifs is 1. The van der Waals surface area contributed by atoms with E-state index in [0.717, 1.165) is 11.1 Å². The number of amides is 2. The van der Waals surface area contributed by atoms with Crippen molar-refractivity contribution in [1.82, 2.24) is 20.0 Å². The van der Waals surface area contributed by atoms with Crippen LogP contribution in [0.3, 0.4) is 0 Å². The third-order valence-electron chi connectivity index (χ3n) is 4.70. The third-order valence-corrected chi connectivity index (χ3v) is 4.70. The lowest BCUT2D eigenvalue weighted by atomic mass is 9.98. The van der Waals surface area contributed by atoms with Gasteiger partial charge in [0.15, 0.2) is 11.5 Å². The lowest BCUT2D eigenvalue weighted by Crippen LogP contribution is -2.42. The number of carbonyl (C=O) groups is 2. The van der Waals surface area contributed by atoms with E-state index >= 15 is 0 Å². The Bertz CT molecular complexity index is 893. The van der Waals surface area contributed by atoms with Crippen LogP contribution in [0.25, 0.3) is 0 Å². The van der Waals surface area contributed by atoms with Crippen molar-refractivity contribution >= 4 is 11.8 Å². The van der Waals surface area contributed by atoms with Gasteiger partial charge in [0.1, 0.15) is 5.56 Å². The number of carbonyl (C=O) groups excluding carboxylic acids is 2. The molecule has 3 rings (SSSR count). The lowest BCUT2D eigenvalue weighted by molar-refractivity contribution is -0.131. The van der Waals surface area contributed by atoms with Crippen LogP contribution in [-0.4, -0.2) is 60.9 Å². The molecule has 1 aromatic carbocycles. The van der Waals surface area contributed by atoms with Gasteiger partial charge in [0.2, 0.25) is 11.8 Å². The number of aromatic nitrogens is 2. The number of hydrogen-bond donors (Lipinski definition) is 1. The highest BCUT2D eigenvalue weighted by Gasteiger charge is 2.24. The highest BCUT2D eigenvalue weighted by atomic mass is 16.5. The molecule has 0 saturated heterocycles. The fourth-order valence-electron chi connectivity index (χ4n) is 3.23. The summed E-state index contributed by atoms with van der Waals surface area (Å²) < 4.78 is 17.2. The fraction of sp³-hybridized carbons (Fsp3) is 0.421. The third kappa shape index (κ3) is 3.88. The first-order chi connectivity index (χ1) is 13.5. The highest BCUT2D eigenvalue weighted by molar-refractivity contribution is 5.98. The van der Waals surface area contributed by atoms with E-state index in [2.05, 4.69) is 10.4 Å². The Morgan fingerprint density at radius 2 is 1.79 bits per heavy atom. The summed E-state index contributed by atoms with van der Waals surface area (Å²) in [6.45, 7) is 0.938. The van der Waals surface area contributed by atoms with E-state index < -0.39 is 5.91 Å². The van der Waals surface area contributed by atoms with Crippen molar-refractivity contribution in [2.75, 3.05) is 34.4 Å². The minimum absolute atomic E-state index is 0.0977. The normalized spacial score (nSPS) is 12.9. The minimum atomic E-state index is -0.401. The van der Waals surface area contributed by atoms with E-state index in [1.165, 1.54) is 11.8 Å². The molecule has 0 spiro atoms. The summed E-state index contributed by atoms with van der Waals surface area (Å²) in [6.07, 6.45) is 2.27. The highest BCUT2D eigenvalue weighted by Crippen LogP contribution is 2.33. The van der Waals surface area contributed by atoms with Crippen LogP contribution in [0.15, 0.2) is 18.3 Å². The lowest BCUT2D eigenvalue weighted by Gasteiger charge is -2.29. The maximum atomic E-state index is 12.6. The Kier molecular flexibility index (Phi) is 5.72. The van der Waals surface area contributed by atoms with Crippen LogP contribution < -0.4 is 19.5 Å². The molecule has 1 aromatic heterocycles. The predicted molar refractivity (Wildman–Crippen MR) is 101 cm³/mol. The Labute approximate surface area is 163 Å². The van der Waals surface area contributed by atoms with Gasteiger partial charge in [-0.3, -0.25) is 14.3 Å². The van der Waals surface area contributed by atoms with Gasteiger partial charge in [-0.05, 0) is 29.7 Å². The molecule has 2 amide bonds. The van der Waals surface area contributed by atoms with Gasteiger partial charge in [0.25, 0.3) is 5.91 Å². The molecule has 0 atom stereocenters. The van der Waals surface area contributed by atoms with E-state index in [4.69, 9.17) is 14.2 Å². The second-order valence-corrected chi connectivity index (χ2v) is 6.45. The van der Waals surface area contributed by atoms with E-state index in [0.29, 0.717) is 36.6 Å². The molecule has 28 heavy (non-hydrogen) atoms. The molecule has 1 aliphatic rings. The van der Waals surface area contributed by atoms with Crippen LogP contribution in [0.2, 0.25) is 0 Å². The van der Waals surface area contributed by atoms with Crippen LogP contribution >= 0.6 is 0 Å². The molecule has 9 heteroatoms. The van der Waals surface area contributed by atoms with Gasteiger partial charge in [-0.25, -0.2) is 0 Å². The van der Waals surface area contributed by atoms with E-state index in [1.54, 1.807) is 32.4 Å². The number of aryl methyl sites for hydroxylation is 1. The molecule has 1 aliphatic heterocycles. The van der Waals surface area contributed by atoms with Gasteiger partial charge in [-0.2, -0.15) is 0 Å². The molecule has 0 saturated carbocycles. The molecule has 0 fully saturated rings. The van der Waals surface area contributed by atoms with Crippen LogP contribution in [0.5, 0.6) is 17.4 Å². The summed E-state index contributed by atoms with van der Waals surface area (Å²) >= 11 is 0. The molecule has 2 heterocycles. The average Bonchev–Trinajstić information content (AvgIpc) is 3.10. The molecule has 0 unspecified atom stereocenters. The number of benzene rings is 1. The first kappa shape index (κ1) is 19.5. The molecule has 0 aliphatic carbocycles. The summed E-state index contributed by atoms with van der Waals surface area (Å²) in [5.41, 5.74) is 2.43. The number of methoxy groups -OCH3 is 3. The monoisotopic (exact) mass is 388 g/mol. The van der Waals surface area contributed by atoms with E-state index in [9.17, 15) is 9.59 Å². The van der Waals surface area contributed by atoms with Crippen LogP contribution in [-0.2, 0) is 24.8 Å². The van der Waals surface area contributed by atoms with E-state index in [1.807, 2.05) is 12.1 Å². The average molecular weight is 388 g/mol. The zero-order valence-corrected chi connectivity index (χ0v) is 16.4. The maximum absolute atomic E-state index is 12.6. The van der Waals surface area contributed by atoms with Crippen molar-refractivity contribution in [2.45, 2.75) is 13.0 Å². The van der Waals surface area contributed by atoms with E-state index in [-0.39, 0.29) is 18.3 Å². The van der Waals surface area contributed by atoms with Crippen molar-refractivity contribution in [3.05, 3.63) is 35.0 Å². The SMILES string of the molecule is COc1cc2c(cc1OC)CN(C(=O)CNC(=O)c1cn(C)nc1OC)CC2. The first-order valence-electron chi connectivity index (χ1n) is 8.84. The second kappa shape index (κ2) is 8.20. The molecular formula is C19H24N4O5. The molecule has 1 N–H and O–H groups in total. The van der Waals surface area contributed by atoms with Gasteiger partial charge in [-0.1, -0.05) is 0 Å². The molecule has 0 radical (unpaired) electrons. The second-order valence-electron chi connectivity index (χ2n) is 6.45. The molecular weight excluding hydrogens is 364 g/mol. The molecule has 9 nitrogen and oxygen atoms in total. The first-order valence-corrected chi connectivity index (χ1v) is 8.84. The standard InChI is InChI=1S/C19H24N4O5/c1-22-11-14(19(21-22)28-4)18(25)20-9-17(24)23-6-5-12-7-15(26-2)16(27-3)8-13(12)10-23/h7-8,11H,5-6,9-10H2,1-4H3,(H,20,25). The molecule has 150 valence electrons. The number of nitrogens with zero attached hydrogens (tertiary/aromatic N) is 3. The molecule has 0 bridgehead atoms. The Hall–Kier alpha value is -3.23. The van der Waals surface area contributed by atoms with Crippen LogP contribution in [0.4, 0.5) is 0 Å². The summed E-state index contributed by atoms with van der Waals surface area (Å²) in [7, 11) is 6.32. The van der Waals surface area contributed by atoms with Crippen LogP contribution in [0.1, 0.15) is 21.5 Å². The summed E-state index contributed by atoms with van der Waals surface area (Å²) in [5.74, 6) is 0.977. The largest absolute Gasteiger partial charge is 0.493 e. The smallest absolute Gasteiger partial charge is 0.258 e. The van der Waals surface area contributed by atoms with Crippen molar-refractivity contribution < 1.29 is 23.8 Å². The number of hydrogen-bond acceptors (Lipinski definition) is 6. The minimum Gasteiger partial charge on any atom is -0.493 e. The quantitative estimate of drug-likeness (QED) is 0.785. The van der Waals surface area contributed by atoms with Gasteiger partial charge in [-0.15, -0.1) is 5.10 Å². The van der Waals surface area contributed by atoms with Crippen molar-refractivity contribution in [3.8, 4) is 17.4 Å². The topological polar surface area (TPSA) is 94.9 Å². The Morgan fingerprint density at radius 3 is 2.43 bits per heavy atom. The van der Waals surface area contributed by atoms with Crippen molar-refractivity contribution in [1.29, 1.82) is 0 Å². The van der Waals surface area contributed by atoms with Crippen LogP contribution in [0, 0.1) is 0 Å².